The Morgan fingerprint density at radius 2 is 2.08 bits per heavy atom. The van der Waals surface area contributed by atoms with Crippen LogP contribution >= 0.6 is 12.2 Å². The monoisotopic (exact) mass is 203 g/mol. The van der Waals surface area contributed by atoms with Crippen LogP contribution in [0.15, 0.2) is 0 Å². The zero-order valence-corrected chi connectivity index (χ0v) is 8.75. The van der Waals surface area contributed by atoms with Crippen LogP contribution in [0.4, 0.5) is 4.79 Å². The van der Waals surface area contributed by atoms with E-state index < -0.39 is 0 Å². The first kappa shape index (κ1) is 12.2. The smallest absolute Gasteiger partial charge is 0.314 e. The summed E-state index contributed by atoms with van der Waals surface area (Å²) in [5.74, 6) is 0. The highest BCUT2D eigenvalue weighted by Crippen LogP contribution is 1.93. The maximum Gasteiger partial charge on any atom is 0.314 e. The lowest BCUT2D eigenvalue weighted by Gasteiger charge is -2.04. The van der Waals surface area contributed by atoms with Gasteiger partial charge in [-0.25, -0.2) is 4.79 Å². The van der Waals surface area contributed by atoms with E-state index in [0.717, 1.165) is 19.3 Å². The third-order valence-corrected chi connectivity index (χ3v) is 1.68. The number of nitrogens with two attached hydrogens (primary N) is 1. The van der Waals surface area contributed by atoms with E-state index in [1.165, 1.54) is 0 Å². The predicted molar refractivity (Wildman–Crippen MR) is 57.7 cm³/mol. The van der Waals surface area contributed by atoms with Gasteiger partial charge >= 0.3 is 6.03 Å². The summed E-state index contributed by atoms with van der Waals surface area (Å²) in [5.41, 5.74) is 5.31. The third kappa shape index (κ3) is 9.07. The van der Waals surface area contributed by atoms with Crippen LogP contribution in [0, 0.1) is 0 Å². The minimum Gasteiger partial charge on any atom is -0.393 e. The molecule has 4 nitrogen and oxygen atoms in total. The topological polar surface area (TPSA) is 67.2 Å². The number of amides is 2. The normalized spacial score (nSPS) is 9.31. The Bertz CT molecular complexity index is 173. The van der Waals surface area contributed by atoms with E-state index in [-0.39, 0.29) is 6.03 Å². The molecule has 0 aromatic carbocycles. The Morgan fingerprint density at radius 3 is 2.62 bits per heavy atom. The Morgan fingerprint density at radius 1 is 1.38 bits per heavy atom. The molecule has 0 heterocycles. The Hall–Kier alpha value is -0.840. The average Bonchev–Trinajstić information content (AvgIpc) is 2.03. The van der Waals surface area contributed by atoms with Gasteiger partial charge in [0.2, 0.25) is 0 Å². The quantitative estimate of drug-likeness (QED) is 0.441. The van der Waals surface area contributed by atoms with Crippen LogP contribution in [-0.2, 0) is 0 Å². The highest BCUT2D eigenvalue weighted by Gasteiger charge is 1.96. The van der Waals surface area contributed by atoms with E-state index >= 15 is 0 Å². The van der Waals surface area contributed by atoms with Gasteiger partial charge in [-0.05, 0) is 26.2 Å². The van der Waals surface area contributed by atoms with Crippen molar-refractivity contribution in [1.29, 1.82) is 0 Å². The van der Waals surface area contributed by atoms with Crippen LogP contribution in [-0.4, -0.2) is 24.1 Å². The summed E-state index contributed by atoms with van der Waals surface area (Å²) in [7, 11) is 0. The molecule has 0 atom stereocenters. The molecule has 5 heteroatoms. The number of rotatable bonds is 6. The molecule has 0 aliphatic rings. The number of carbonyl (C=O) groups is 1. The summed E-state index contributed by atoms with van der Waals surface area (Å²) in [6.45, 7) is 3.21. The highest BCUT2D eigenvalue weighted by atomic mass is 32.1. The molecule has 0 spiro atoms. The summed E-state index contributed by atoms with van der Waals surface area (Å²) < 4.78 is 0. The number of urea groups is 1. The van der Waals surface area contributed by atoms with Crippen LogP contribution in [0.2, 0.25) is 0 Å². The Balaban J connectivity index is 3.16. The maximum absolute atomic E-state index is 10.9. The van der Waals surface area contributed by atoms with Crippen molar-refractivity contribution < 1.29 is 4.79 Å². The van der Waals surface area contributed by atoms with Gasteiger partial charge in [0.05, 0.1) is 4.99 Å². The van der Waals surface area contributed by atoms with Crippen LogP contribution in [0.5, 0.6) is 0 Å². The van der Waals surface area contributed by atoms with Crippen molar-refractivity contribution in [3.63, 3.8) is 0 Å². The molecule has 4 N–H and O–H groups in total. The largest absolute Gasteiger partial charge is 0.393 e. The van der Waals surface area contributed by atoms with Crippen LogP contribution in [0.1, 0.15) is 26.2 Å². The number of carbonyl (C=O) groups excluding carboxylic acids is 1. The standard InChI is InChI=1S/C8H17N3OS/c1-2-10-8(12)11-6-4-3-5-7(9)13/h2-6H2,1H3,(H2,9,13)(H2,10,11,12). The van der Waals surface area contributed by atoms with Gasteiger partial charge in [-0.1, -0.05) is 12.2 Å². The fourth-order valence-corrected chi connectivity index (χ4v) is 0.994. The lowest BCUT2D eigenvalue weighted by molar-refractivity contribution is 0.241. The Kier molecular flexibility index (Phi) is 7.29. The van der Waals surface area contributed by atoms with Crippen molar-refractivity contribution in [2.75, 3.05) is 13.1 Å². The molecule has 13 heavy (non-hydrogen) atoms. The molecule has 0 fully saturated rings. The summed E-state index contributed by atoms with van der Waals surface area (Å²) in [6, 6.07) is -0.113. The minimum atomic E-state index is -0.113. The second-order valence-electron chi connectivity index (χ2n) is 2.71. The SMILES string of the molecule is CCNC(=O)NCCCCC(N)=S. The summed E-state index contributed by atoms with van der Waals surface area (Å²) in [4.78, 5) is 11.4. The van der Waals surface area contributed by atoms with Gasteiger partial charge in [-0.3, -0.25) is 0 Å². The fraction of sp³-hybridized carbons (Fsp3) is 0.750. The first-order chi connectivity index (χ1) is 6.16. The molecule has 0 unspecified atom stereocenters. The minimum absolute atomic E-state index is 0.113. The van der Waals surface area contributed by atoms with Crippen molar-refractivity contribution >= 4 is 23.2 Å². The van der Waals surface area contributed by atoms with E-state index in [4.69, 9.17) is 18.0 Å². The second-order valence-corrected chi connectivity index (χ2v) is 3.23. The second kappa shape index (κ2) is 7.79. The number of nitrogens with one attached hydrogen (secondary N) is 2. The molecule has 0 radical (unpaired) electrons. The Labute approximate surface area is 84.3 Å². The molecule has 0 aromatic heterocycles. The lowest BCUT2D eigenvalue weighted by atomic mass is 10.2. The van der Waals surface area contributed by atoms with E-state index in [9.17, 15) is 4.79 Å². The van der Waals surface area contributed by atoms with Gasteiger partial charge in [0, 0.05) is 13.1 Å². The zero-order valence-electron chi connectivity index (χ0n) is 7.93. The summed E-state index contributed by atoms with van der Waals surface area (Å²) in [5, 5.41) is 5.37. The number of hydrogen-bond donors (Lipinski definition) is 3. The number of unbranched alkanes of at least 4 members (excludes halogenated alkanes) is 1. The maximum atomic E-state index is 10.9. The number of thiocarbonyl (C=S) groups is 1. The molecule has 0 aliphatic carbocycles. The molecule has 0 aliphatic heterocycles. The van der Waals surface area contributed by atoms with E-state index in [1.54, 1.807) is 0 Å². The van der Waals surface area contributed by atoms with Crippen LogP contribution < -0.4 is 16.4 Å². The predicted octanol–water partition coefficient (Wildman–Crippen LogP) is 0.762. The molecule has 0 bridgehead atoms. The van der Waals surface area contributed by atoms with Crippen molar-refractivity contribution in [2.45, 2.75) is 26.2 Å². The molecule has 0 rings (SSSR count). The molecule has 2 amide bonds. The molecular weight excluding hydrogens is 186 g/mol. The first-order valence-corrected chi connectivity index (χ1v) is 4.87. The fourth-order valence-electron chi connectivity index (χ4n) is 0.849. The lowest BCUT2D eigenvalue weighted by Crippen LogP contribution is -2.35. The van der Waals surface area contributed by atoms with Crippen molar-refractivity contribution in [1.82, 2.24) is 10.6 Å². The van der Waals surface area contributed by atoms with Gasteiger partial charge in [-0.15, -0.1) is 0 Å². The van der Waals surface area contributed by atoms with E-state index in [1.807, 2.05) is 6.92 Å². The van der Waals surface area contributed by atoms with Crippen molar-refractivity contribution in [3.8, 4) is 0 Å². The molecule has 0 saturated carbocycles. The first-order valence-electron chi connectivity index (χ1n) is 4.46. The molecule has 0 aromatic rings. The molecule has 0 saturated heterocycles. The van der Waals surface area contributed by atoms with Crippen molar-refractivity contribution in [3.05, 3.63) is 0 Å². The zero-order chi connectivity index (χ0) is 10.1. The van der Waals surface area contributed by atoms with E-state index in [0.29, 0.717) is 18.1 Å². The summed E-state index contributed by atoms with van der Waals surface area (Å²) >= 11 is 4.72. The van der Waals surface area contributed by atoms with Gasteiger partial charge in [-0.2, -0.15) is 0 Å². The third-order valence-electron chi connectivity index (χ3n) is 1.47. The molecule has 76 valence electrons. The van der Waals surface area contributed by atoms with E-state index in [2.05, 4.69) is 10.6 Å². The average molecular weight is 203 g/mol. The van der Waals surface area contributed by atoms with Gasteiger partial charge in [0.1, 0.15) is 0 Å². The van der Waals surface area contributed by atoms with Gasteiger partial charge in [0.25, 0.3) is 0 Å². The van der Waals surface area contributed by atoms with Crippen LogP contribution in [0.3, 0.4) is 0 Å². The summed E-state index contributed by atoms with van der Waals surface area (Å²) in [6.07, 6.45) is 2.60. The van der Waals surface area contributed by atoms with Gasteiger partial charge in [0.15, 0.2) is 0 Å². The number of hydrogen-bond acceptors (Lipinski definition) is 2. The van der Waals surface area contributed by atoms with Crippen molar-refractivity contribution in [2.24, 2.45) is 5.73 Å². The highest BCUT2D eigenvalue weighted by molar-refractivity contribution is 7.80. The van der Waals surface area contributed by atoms with Gasteiger partial charge < -0.3 is 16.4 Å². The molecular formula is C8H17N3OS. The van der Waals surface area contributed by atoms with Crippen LogP contribution in [0.25, 0.3) is 0 Å².